The van der Waals surface area contributed by atoms with Crippen molar-refractivity contribution >= 4 is 46.1 Å². The third-order valence-corrected chi connectivity index (χ3v) is 8.76. The molecular formula is C31H23N3O6S2. The molecule has 9 nitrogen and oxygen atoms in total. The van der Waals surface area contributed by atoms with E-state index in [1.54, 1.807) is 44.2 Å². The average molecular weight is 598 g/mol. The van der Waals surface area contributed by atoms with E-state index in [0.29, 0.717) is 43.3 Å². The van der Waals surface area contributed by atoms with Crippen LogP contribution in [0.1, 0.15) is 34.7 Å². The number of thiophene rings is 1. The van der Waals surface area contributed by atoms with Gasteiger partial charge in [-0.2, -0.15) is 0 Å². The number of carbonyl (C=O) groups is 1. The summed E-state index contributed by atoms with van der Waals surface area (Å²) >= 11 is 2.64. The van der Waals surface area contributed by atoms with Crippen LogP contribution in [0, 0.1) is 17.0 Å². The van der Waals surface area contributed by atoms with Crippen LogP contribution in [0.2, 0.25) is 0 Å². The lowest BCUT2D eigenvalue weighted by Crippen LogP contribution is -2.39. The molecule has 0 unspecified atom stereocenters. The van der Waals surface area contributed by atoms with Crippen molar-refractivity contribution in [2.24, 2.45) is 4.99 Å². The summed E-state index contributed by atoms with van der Waals surface area (Å²) in [4.78, 5) is 44.4. The van der Waals surface area contributed by atoms with Crippen LogP contribution < -0.4 is 14.9 Å². The van der Waals surface area contributed by atoms with Gasteiger partial charge < -0.3 is 9.15 Å². The highest BCUT2D eigenvalue weighted by atomic mass is 32.1. The van der Waals surface area contributed by atoms with E-state index in [2.05, 4.69) is 0 Å². The van der Waals surface area contributed by atoms with Crippen LogP contribution in [0.5, 0.6) is 0 Å². The Morgan fingerprint density at radius 3 is 2.64 bits per heavy atom. The maximum Gasteiger partial charge on any atom is 0.338 e. The molecule has 3 aromatic heterocycles. The standard InChI is InChI=1S/C31H23N3O6S2/c1-3-39-30(36)26-27(19-9-5-4-6-10-19)32-31-33(28(26)24-13-8-16-41-24)29(35)25(42-31)17-20-14-15-23(40-20)21-11-7-12-22(18(21)2)34(37)38/h4-17,28H,3H2,1-2H3/b25-17-/t28-/m1/s1. The van der Waals surface area contributed by atoms with Crippen molar-refractivity contribution < 1.29 is 18.9 Å². The molecule has 1 aliphatic heterocycles. The summed E-state index contributed by atoms with van der Waals surface area (Å²) in [5, 5.41) is 13.3. The van der Waals surface area contributed by atoms with E-state index in [9.17, 15) is 19.7 Å². The molecule has 42 heavy (non-hydrogen) atoms. The number of hydrogen-bond acceptors (Lipinski definition) is 9. The van der Waals surface area contributed by atoms with Gasteiger partial charge in [0, 0.05) is 33.7 Å². The van der Waals surface area contributed by atoms with Crippen LogP contribution in [-0.4, -0.2) is 22.1 Å². The van der Waals surface area contributed by atoms with Crippen LogP contribution in [0.4, 0.5) is 5.69 Å². The van der Waals surface area contributed by atoms with Crippen LogP contribution in [0.25, 0.3) is 23.1 Å². The zero-order valence-corrected chi connectivity index (χ0v) is 24.1. The summed E-state index contributed by atoms with van der Waals surface area (Å²) in [6, 6.07) is 20.6. The minimum absolute atomic E-state index is 0.000962. The molecule has 6 rings (SSSR count). The Kier molecular flexibility index (Phi) is 7.27. The Labute approximate surface area is 247 Å². The Morgan fingerprint density at radius 2 is 1.93 bits per heavy atom. The van der Waals surface area contributed by atoms with Gasteiger partial charge in [-0.1, -0.05) is 59.9 Å². The molecule has 11 heteroatoms. The van der Waals surface area contributed by atoms with Crippen LogP contribution in [0.3, 0.4) is 0 Å². The van der Waals surface area contributed by atoms with E-state index in [1.807, 2.05) is 47.8 Å². The lowest BCUT2D eigenvalue weighted by atomic mass is 9.97. The van der Waals surface area contributed by atoms with Crippen molar-refractivity contribution in [3.05, 3.63) is 135 Å². The van der Waals surface area contributed by atoms with E-state index < -0.39 is 16.9 Å². The molecule has 0 spiro atoms. The number of rotatable bonds is 7. The van der Waals surface area contributed by atoms with E-state index in [4.69, 9.17) is 14.1 Å². The van der Waals surface area contributed by atoms with Crippen LogP contribution in [0.15, 0.2) is 98.0 Å². The molecule has 1 atom stereocenters. The number of ether oxygens (including phenoxy) is 1. The lowest BCUT2D eigenvalue weighted by Gasteiger charge is -2.24. The van der Waals surface area contributed by atoms with Gasteiger partial charge >= 0.3 is 5.97 Å². The fourth-order valence-electron chi connectivity index (χ4n) is 4.95. The number of furan rings is 1. The summed E-state index contributed by atoms with van der Waals surface area (Å²) in [6.45, 7) is 3.59. The molecule has 0 aliphatic carbocycles. The highest BCUT2D eigenvalue weighted by Crippen LogP contribution is 2.37. The van der Waals surface area contributed by atoms with Gasteiger partial charge in [0.15, 0.2) is 4.80 Å². The van der Waals surface area contributed by atoms with Crippen molar-refractivity contribution in [2.75, 3.05) is 6.61 Å². The summed E-state index contributed by atoms with van der Waals surface area (Å²) in [5.74, 6) is 0.320. The maximum absolute atomic E-state index is 13.9. The molecule has 0 saturated carbocycles. The van der Waals surface area contributed by atoms with Gasteiger partial charge in [-0.05, 0) is 37.4 Å². The molecule has 0 amide bonds. The largest absolute Gasteiger partial charge is 0.463 e. The van der Waals surface area contributed by atoms with Gasteiger partial charge in [0.2, 0.25) is 0 Å². The number of nitro benzene ring substituents is 1. The minimum atomic E-state index is -0.725. The predicted molar refractivity (Wildman–Crippen MR) is 161 cm³/mol. The van der Waals surface area contributed by atoms with Crippen molar-refractivity contribution in [3.63, 3.8) is 0 Å². The van der Waals surface area contributed by atoms with Crippen LogP contribution in [-0.2, 0) is 9.53 Å². The molecule has 0 fully saturated rings. The Morgan fingerprint density at radius 1 is 1.12 bits per heavy atom. The first-order chi connectivity index (χ1) is 20.4. The zero-order chi connectivity index (χ0) is 29.4. The zero-order valence-electron chi connectivity index (χ0n) is 22.5. The van der Waals surface area contributed by atoms with Gasteiger partial charge in [-0.15, -0.1) is 11.3 Å². The van der Waals surface area contributed by atoms with Crippen molar-refractivity contribution in [1.29, 1.82) is 0 Å². The summed E-state index contributed by atoms with van der Waals surface area (Å²) in [7, 11) is 0. The van der Waals surface area contributed by atoms with Gasteiger partial charge in [-0.25, -0.2) is 9.79 Å². The number of thiazole rings is 1. The number of nitro groups is 1. The number of hydrogen-bond donors (Lipinski definition) is 0. The summed E-state index contributed by atoms with van der Waals surface area (Å²) in [6.07, 6.45) is 1.63. The number of carbonyl (C=O) groups excluding carboxylic acids is 1. The van der Waals surface area contributed by atoms with E-state index in [1.165, 1.54) is 33.3 Å². The van der Waals surface area contributed by atoms with Gasteiger partial charge in [-0.3, -0.25) is 19.5 Å². The molecule has 5 aromatic rings. The second-order valence-electron chi connectivity index (χ2n) is 9.36. The smallest absolute Gasteiger partial charge is 0.338 e. The normalized spacial score (nSPS) is 14.9. The van der Waals surface area contributed by atoms with Gasteiger partial charge in [0.05, 0.1) is 27.3 Å². The molecule has 2 aromatic carbocycles. The third kappa shape index (κ3) is 4.82. The first-order valence-corrected chi connectivity index (χ1v) is 14.7. The fraction of sp³-hybridized carbons (Fsp3) is 0.129. The minimum Gasteiger partial charge on any atom is -0.463 e. The Balaban J connectivity index is 1.52. The van der Waals surface area contributed by atoms with Gasteiger partial charge in [0.1, 0.15) is 17.6 Å². The monoisotopic (exact) mass is 597 g/mol. The fourth-order valence-corrected chi connectivity index (χ4v) is 6.75. The molecule has 0 bridgehead atoms. The number of benzene rings is 2. The second kappa shape index (κ2) is 11.2. The molecule has 4 heterocycles. The number of fused-ring (bicyclic) bond motifs is 1. The van der Waals surface area contributed by atoms with Crippen molar-refractivity contribution in [3.8, 4) is 11.3 Å². The molecule has 0 N–H and O–H groups in total. The highest BCUT2D eigenvalue weighted by molar-refractivity contribution is 7.10. The second-order valence-corrected chi connectivity index (χ2v) is 11.3. The maximum atomic E-state index is 13.9. The van der Waals surface area contributed by atoms with E-state index in [-0.39, 0.29) is 17.9 Å². The summed E-state index contributed by atoms with van der Waals surface area (Å²) < 4.78 is 13.4. The SMILES string of the molecule is CCOC(=O)C1=C(c2ccccc2)N=c2s/c(=C\c3ccc(-c4cccc([N+](=O)[O-])c4C)o3)c(=O)n2[C@@H]1c1cccs1. The van der Waals surface area contributed by atoms with Crippen molar-refractivity contribution in [1.82, 2.24) is 4.57 Å². The topological polar surface area (TPSA) is 117 Å². The average Bonchev–Trinajstić information content (AvgIpc) is 3.75. The van der Waals surface area contributed by atoms with Crippen LogP contribution >= 0.6 is 22.7 Å². The van der Waals surface area contributed by atoms with Crippen molar-refractivity contribution in [2.45, 2.75) is 19.9 Å². The number of esters is 1. The molecule has 0 radical (unpaired) electrons. The lowest BCUT2D eigenvalue weighted by molar-refractivity contribution is -0.385. The first-order valence-electron chi connectivity index (χ1n) is 13.0. The molecular weight excluding hydrogens is 574 g/mol. The molecule has 210 valence electrons. The molecule has 0 saturated heterocycles. The quantitative estimate of drug-likeness (QED) is 0.139. The Hall–Kier alpha value is -4.87. The third-order valence-electron chi connectivity index (χ3n) is 6.85. The molecule has 1 aliphatic rings. The first kappa shape index (κ1) is 27.3. The Bertz CT molecular complexity index is 2040. The predicted octanol–water partition coefficient (Wildman–Crippen LogP) is 5.47. The van der Waals surface area contributed by atoms with E-state index in [0.717, 1.165) is 10.4 Å². The van der Waals surface area contributed by atoms with Gasteiger partial charge in [0.25, 0.3) is 11.2 Å². The summed E-state index contributed by atoms with van der Waals surface area (Å²) in [5.41, 5.74) is 2.25. The number of aromatic nitrogens is 1. The number of nitrogens with zero attached hydrogens (tertiary/aromatic N) is 3. The van der Waals surface area contributed by atoms with E-state index >= 15 is 0 Å². The highest BCUT2D eigenvalue weighted by Gasteiger charge is 2.35.